The van der Waals surface area contributed by atoms with Crippen LogP contribution >= 0.6 is 11.5 Å². The smallest absolute Gasteiger partial charge is 0.313 e. The number of aliphatic carboxylic acids is 1. The zero-order valence-electron chi connectivity index (χ0n) is 11.0. The highest BCUT2D eigenvalue weighted by Crippen LogP contribution is 2.24. The number of aromatic nitrogens is 2. The molecule has 2 aromatic rings. The van der Waals surface area contributed by atoms with E-state index in [4.69, 9.17) is 0 Å². The lowest BCUT2D eigenvalue weighted by molar-refractivity contribution is -0.138. The summed E-state index contributed by atoms with van der Waals surface area (Å²) >= 11 is 1.09. The van der Waals surface area contributed by atoms with E-state index in [-0.39, 0.29) is 6.42 Å². The molecule has 1 aromatic heterocycles. The van der Waals surface area contributed by atoms with Crippen molar-refractivity contribution in [3.63, 3.8) is 0 Å². The van der Waals surface area contributed by atoms with E-state index in [1.807, 2.05) is 6.92 Å². The molecule has 0 saturated heterocycles. The topological polar surface area (TPSA) is 63.1 Å². The summed E-state index contributed by atoms with van der Waals surface area (Å²) in [7, 11) is 0. The second-order valence-corrected chi connectivity index (χ2v) is 5.27. The summed E-state index contributed by atoms with van der Waals surface area (Å²) in [5.41, 5.74) is 0.382. The molecule has 1 heterocycles. The number of benzene rings is 1. The molecule has 0 aliphatic rings. The summed E-state index contributed by atoms with van der Waals surface area (Å²) in [6.07, 6.45) is 1.71. The second-order valence-electron chi connectivity index (χ2n) is 4.49. The van der Waals surface area contributed by atoms with Crippen LogP contribution in [0, 0.1) is 5.82 Å². The van der Waals surface area contributed by atoms with Crippen molar-refractivity contribution in [1.29, 1.82) is 0 Å². The fraction of sp³-hybridized carbons (Fsp3) is 0.357. The Labute approximate surface area is 120 Å². The largest absolute Gasteiger partial charge is 0.481 e. The molecule has 0 bridgehead atoms. The number of nitrogens with zero attached hydrogens (tertiary/aromatic N) is 2. The highest BCUT2D eigenvalue weighted by molar-refractivity contribution is 7.05. The normalized spacial score (nSPS) is 12.3. The predicted octanol–water partition coefficient (Wildman–Crippen LogP) is 3.04. The van der Waals surface area contributed by atoms with Crippen LogP contribution < -0.4 is 0 Å². The van der Waals surface area contributed by atoms with Crippen LogP contribution in [0.4, 0.5) is 4.39 Å². The number of carbonyl (C=O) groups is 1. The van der Waals surface area contributed by atoms with Gasteiger partial charge in [0.25, 0.3) is 0 Å². The lowest BCUT2D eigenvalue weighted by Crippen LogP contribution is -2.15. The Balaban J connectivity index is 2.23. The molecule has 0 saturated carbocycles. The Morgan fingerprint density at radius 3 is 2.85 bits per heavy atom. The van der Waals surface area contributed by atoms with E-state index in [0.717, 1.165) is 24.4 Å². The number of hydrogen-bond acceptors (Lipinski definition) is 4. The number of carboxylic acid groups (broad SMARTS) is 1. The van der Waals surface area contributed by atoms with Crippen molar-refractivity contribution in [3.8, 4) is 0 Å². The molecule has 1 atom stereocenters. The maximum atomic E-state index is 13.6. The summed E-state index contributed by atoms with van der Waals surface area (Å²) in [4.78, 5) is 15.7. The van der Waals surface area contributed by atoms with Gasteiger partial charge >= 0.3 is 5.97 Å². The van der Waals surface area contributed by atoms with Crippen LogP contribution in [0.1, 0.15) is 35.7 Å². The van der Waals surface area contributed by atoms with Gasteiger partial charge in [0, 0.05) is 6.42 Å². The van der Waals surface area contributed by atoms with Crippen molar-refractivity contribution in [2.24, 2.45) is 0 Å². The van der Waals surface area contributed by atoms with Gasteiger partial charge in [-0.05, 0) is 36.0 Å². The first kappa shape index (κ1) is 14.6. The number of halogens is 1. The molecule has 6 heteroatoms. The first-order valence-corrected chi connectivity index (χ1v) is 7.17. The third-order valence-corrected chi connectivity index (χ3v) is 3.80. The summed E-state index contributed by atoms with van der Waals surface area (Å²) in [6.45, 7) is 2.01. The molecule has 0 aliphatic heterocycles. The van der Waals surface area contributed by atoms with Crippen LogP contribution in [0.3, 0.4) is 0 Å². The van der Waals surface area contributed by atoms with Crippen molar-refractivity contribution in [2.45, 2.75) is 32.1 Å². The van der Waals surface area contributed by atoms with E-state index < -0.39 is 17.7 Å². The van der Waals surface area contributed by atoms with Crippen molar-refractivity contribution in [1.82, 2.24) is 9.36 Å². The molecule has 1 aromatic carbocycles. The van der Waals surface area contributed by atoms with Crippen LogP contribution in [0.5, 0.6) is 0 Å². The highest BCUT2D eigenvalue weighted by Gasteiger charge is 2.25. The third-order valence-electron chi connectivity index (χ3n) is 2.94. The Kier molecular flexibility index (Phi) is 4.79. The van der Waals surface area contributed by atoms with Crippen LogP contribution in [-0.4, -0.2) is 20.4 Å². The zero-order chi connectivity index (χ0) is 14.5. The summed E-state index contributed by atoms with van der Waals surface area (Å²) in [5.74, 6) is -1.59. The average Bonchev–Trinajstić information content (AvgIpc) is 2.86. The number of rotatable bonds is 6. The van der Waals surface area contributed by atoms with Crippen molar-refractivity contribution >= 4 is 17.5 Å². The van der Waals surface area contributed by atoms with Crippen molar-refractivity contribution in [2.75, 3.05) is 0 Å². The average molecular weight is 294 g/mol. The number of hydrogen-bond donors (Lipinski definition) is 1. The minimum atomic E-state index is -1.01. The van der Waals surface area contributed by atoms with E-state index >= 15 is 0 Å². The molecule has 0 spiro atoms. The first-order chi connectivity index (χ1) is 9.61. The second kappa shape index (κ2) is 6.56. The molecule has 0 amide bonds. The predicted molar refractivity (Wildman–Crippen MR) is 74.4 cm³/mol. The fourth-order valence-corrected chi connectivity index (χ4v) is 2.69. The molecule has 1 N–H and O–H groups in total. The Morgan fingerprint density at radius 2 is 2.20 bits per heavy atom. The van der Waals surface area contributed by atoms with Crippen molar-refractivity contribution in [3.05, 3.63) is 46.5 Å². The lowest BCUT2D eigenvalue weighted by atomic mass is 9.99. The Hall–Kier alpha value is -1.82. The number of carboxylic acids is 1. The molecule has 0 fully saturated rings. The van der Waals surface area contributed by atoms with Crippen LogP contribution in [-0.2, 0) is 17.6 Å². The lowest BCUT2D eigenvalue weighted by Gasteiger charge is -2.09. The molecule has 4 nitrogen and oxygen atoms in total. The van der Waals surface area contributed by atoms with Gasteiger partial charge in [0.15, 0.2) is 0 Å². The van der Waals surface area contributed by atoms with Gasteiger partial charge in [0.05, 0.1) is 0 Å². The summed E-state index contributed by atoms with van der Waals surface area (Å²) in [5, 5.41) is 9.77. The number of aryl methyl sites for hydroxylation is 1. The van der Waals surface area contributed by atoms with E-state index in [9.17, 15) is 14.3 Å². The van der Waals surface area contributed by atoms with Gasteiger partial charge in [-0.15, -0.1) is 0 Å². The van der Waals surface area contributed by atoms with Crippen molar-refractivity contribution < 1.29 is 14.3 Å². The van der Waals surface area contributed by atoms with Gasteiger partial charge in [-0.3, -0.25) is 4.79 Å². The molecule has 0 radical (unpaired) electrons. The first-order valence-electron chi connectivity index (χ1n) is 6.40. The fourth-order valence-electron chi connectivity index (χ4n) is 1.90. The minimum absolute atomic E-state index is 0.0861. The highest BCUT2D eigenvalue weighted by atomic mass is 32.1. The zero-order valence-corrected chi connectivity index (χ0v) is 11.9. The molecular weight excluding hydrogens is 279 g/mol. The van der Waals surface area contributed by atoms with Crippen LogP contribution in [0.15, 0.2) is 24.3 Å². The Morgan fingerprint density at radius 1 is 1.45 bits per heavy atom. The van der Waals surface area contributed by atoms with Gasteiger partial charge in [0.1, 0.15) is 22.6 Å². The monoisotopic (exact) mass is 294 g/mol. The van der Waals surface area contributed by atoms with E-state index in [1.54, 1.807) is 18.2 Å². The maximum Gasteiger partial charge on any atom is 0.313 e. The summed E-state index contributed by atoms with van der Waals surface area (Å²) < 4.78 is 17.8. The van der Waals surface area contributed by atoms with Crippen LogP contribution in [0.25, 0.3) is 0 Å². The molecule has 2 rings (SSSR count). The van der Waals surface area contributed by atoms with Gasteiger partial charge in [-0.25, -0.2) is 9.37 Å². The van der Waals surface area contributed by atoms with Gasteiger partial charge in [-0.1, -0.05) is 25.1 Å². The SMILES string of the molecule is CCCc1nsc(C(Cc2ccccc2F)C(=O)O)n1. The quantitative estimate of drug-likeness (QED) is 0.889. The van der Waals surface area contributed by atoms with Crippen LogP contribution in [0.2, 0.25) is 0 Å². The third kappa shape index (κ3) is 3.39. The molecule has 106 valence electrons. The molecular formula is C14H15FN2O2S. The van der Waals surface area contributed by atoms with E-state index in [2.05, 4.69) is 9.36 Å². The Bertz CT molecular complexity index is 600. The summed E-state index contributed by atoms with van der Waals surface area (Å²) in [6, 6.07) is 6.20. The minimum Gasteiger partial charge on any atom is -0.481 e. The molecule has 20 heavy (non-hydrogen) atoms. The van der Waals surface area contributed by atoms with Gasteiger partial charge < -0.3 is 5.11 Å². The van der Waals surface area contributed by atoms with Gasteiger partial charge in [-0.2, -0.15) is 4.37 Å². The molecule has 0 aliphatic carbocycles. The van der Waals surface area contributed by atoms with E-state index in [1.165, 1.54) is 6.07 Å². The maximum absolute atomic E-state index is 13.6. The van der Waals surface area contributed by atoms with E-state index in [0.29, 0.717) is 16.4 Å². The molecule has 1 unspecified atom stereocenters. The van der Waals surface area contributed by atoms with Gasteiger partial charge in [0.2, 0.25) is 0 Å². The standard InChI is InChI=1S/C14H15FN2O2S/c1-2-5-12-16-13(20-17-12)10(14(18)19)8-9-6-3-4-7-11(9)15/h3-4,6-7,10H,2,5,8H2,1H3,(H,18,19).